The molecule has 0 aromatic heterocycles. The molecule has 8 heteroatoms. The molecule has 0 saturated heterocycles. The van der Waals surface area contributed by atoms with Gasteiger partial charge in [0, 0.05) is 13.5 Å². The number of ether oxygens (including phenoxy) is 2. The van der Waals surface area contributed by atoms with Crippen molar-refractivity contribution in [3.63, 3.8) is 0 Å². The van der Waals surface area contributed by atoms with Gasteiger partial charge in [-0.3, -0.25) is 4.79 Å². The van der Waals surface area contributed by atoms with Crippen molar-refractivity contribution in [3.8, 4) is 11.5 Å². The highest BCUT2D eigenvalue weighted by molar-refractivity contribution is 5.98. The third-order valence-corrected chi connectivity index (χ3v) is 5.53. The number of carbonyl (C=O) groups is 1. The van der Waals surface area contributed by atoms with Crippen LogP contribution in [0.2, 0.25) is 0 Å². The molecule has 1 aliphatic rings. The summed E-state index contributed by atoms with van der Waals surface area (Å²) in [5.41, 5.74) is 3.37. The van der Waals surface area contributed by atoms with Crippen LogP contribution in [0.3, 0.4) is 0 Å². The third kappa shape index (κ3) is 6.64. The Morgan fingerprint density at radius 2 is 1.91 bits per heavy atom. The number of rotatable bonds is 9. The zero-order valence-corrected chi connectivity index (χ0v) is 18.7. The van der Waals surface area contributed by atoms with Crippen LogP contribution in [0.15, 0.2) is 36.4 Å². The monoisotopic (exact) mass is 460 g/mol. The molecule has 1 heterocycles. The summed E-state index contributed by atoms with van der Waals surface area (Å²) in [7, 11) is 0. The molecule has 0 fully saturated rings. The minimum atomic E-state index is -4.41. The maximum atomic E-state index is 12.4. The van der Waals surface area contributed by atoms with Crippen molar-refractivity contribution in [2.45, 2.75) is 45.7 Å². The predicted octanol–water partition coefficient (Wildman–Crippen LogP) is 6.13. The van der Waals surface area contributed by atoms with Crippen molar-refractivity contribution in [1.82, 2.24) is 0 Å². The molecule has 2 aromatic rings. The molecule has 1 atom stereocenters. The molecule has 176 valence electrons. The van der Waals surface area contributed by atoms with E-state index < -0.39 is 12.8 Å². The topological polar surface area (TPSA) is 43.1 Å². The summed E-state index contributed by atoms with van der Waals surface area (Å²) in [6.07, 6.45) is -1.27. The zero-order valence-electron chi connectivity index (χ0n) is 18.7. The maximum Gasteiger partial charge on any atom is 0.422 e. The first-order valence-corrected chi connectivity index (χ1v) is 10.9. The van der Waals surface area contributed by atoms with Crippen molar-refractivity contribution in [2.24, 2.45) is 5.92 Å². The van der Waals surface area contributed by atoms with Gasteiger partial charge in [0.05, 0.1) is 18.9 Å². The van der Waals surface area contributed by atoms with Crippen LogP contribution in [0.4, 0.5) is 24.5 Å². The number of fused-ring (bicyclic) bond motifs is 1. The van der Waals surface area contributed by atoms with Gasteiger partial charge in [-0.2, -0.15) is 13.2 Å². The highest BCUT2D eigenvalue weighted by Crippen LogP contribution is 2.39. The Hall–Kier alpha value is -3.21. The highest BCUT2D eigenvalue weighted by atomic mass is 19.4. The average molecular weight is 460 g/mol. The van der Waals surface area contributed by atoms with Crippen LogP contribution in [0.5, 0.6) is 11.5 Å². The molecule has 5 nitrogen and oxygen atoms in total. The van der Waals surface area contributed by atoms with E-state index in [0.717, 1.165) is 42.5 Å². The SMILES string of the molecule is [C-]#[N+]c1cc(CC(C)CCCOc2ccccc2OCC(F)(F)F)cc2c1N(C(C)=O)CC2. The molecule has 0 N–H and O–H groups in total. The molecular weight excluding hydrogens is 433 g/mol. The zero-order chi connectivity index (χ0) is 24.0. The first kappa shape index (κ1) is 24.4. The molecule has 0 spiro atoms. The van der Waals surface area contributed by atoms with E-state index in [0.29, 0.717) is 30.5 Å². The molecule has 2 aromatic carbocycles. The second kappa shape index (κ2) is 10.6. The van der Waals surface area contributed by atoms with Gasteiger partial charge in [-0.1, -0.05) is 36.8 Å². The largest absolute Gasteiger partial charge is 0.490 e. The third-order valence-electron chi connectivity index (χ3n) is 5.53. The fourth-order valence-electron chi connectivity index (χ4n) is 4.07. The van der Waals surface area contributed by atoms with Gasteiger partial charge in [-0.25, -0.2) is 4.85 Å². The molecule has 3 rings (SSSR count). The number of para-hydroxylation sites is 2. The summed E-state index contributed by atoms with van der Waals surface area (Å²) in [6.45, 7) is 10.8. The molecule has 1 unspecified atom stereocenters. The Balaban J connectivity index is 1.52. The van der Waals surface area contributed by atoms with Crippen LogP contribution in [0, 0.1) is 12.5 Å². The van der Waals surface area contributed by atoms with Crippen molar-refractivity contribution in [2.75, 3.05) is 24.7 Å². The van der Waals surface area contributed by atoms with Gasteiger partial charge < -0.3 is 14.4 Å². The van der Waals surface area contributed by atoms with Gasteiger partial charge in [0.2, 0.25) is 11.6 Å². The number of nitrogens with zero attached hydrogens (tertiary/aromatic N) is 2. The summed E-state index contributed by atoms with van der Waals surface area (Å²) >= 11 is 0. The average Bonchev–Trinajstić information content (AvgIpc) is 3.19. The number of benzene rings is 2. The lowest BCUT2D eigenvalue weighted by atomic mass is 9.94. The van der Waals surface area contributed by atoms with Crippen LogP contribution in [0.25, 0.3) is 4.85 Å². The lowest BCUT2D eigenvalue weighted by molar-refractivity contribution is -0.153. The van der Waals surface area contributed by atoms with E-state index in [9.17, 15) is 18.0 Å². The Labute approximate surface area is 191 Å². The molecule has 0 saturated carbocycles. The normalized spacial score (nSPS) is 13.9. The lowest BCUT2D eigenvalue weighted by Gasteiger charge is -2.18. The lowest BCUT2D eigenvalue weighted by Crippen LogP contribution is -2.25. The van der Waals surface area contributed by atoms with Crippen LogP contribution < -0.4 is 14.4 Å². The van der Waals surface area contributed by atoms with Gasteiger partial charge in [0.15, 0.2) is 18.1 Å². The van der Waals surface area contributed by atoms with Crippen molar-refractivity contribution >= 4 is 17.3 Å². The molecule has 1 aliphatic heterocycles. The van der Waals surface area contributed by atoms with E-state index in [4.69, 9.17) is 16.0 Å². The summed E-state index contributed by atoms with van der Waals surface area (Å²) in [4.78, 5) is 17.2. The Bertz CT molecular complexity index is 1030. The molecule has 0 radical (unpaired) electrons. The number of hydrogen-bond donors (Lipinski definition) is 0. The number of amides is 1. The fraction of sp³-hybridized carbons (Fsp3) is 0.440. The highest BCUT2D eigenvalue weighted by Gasteiger charge is 2.29. The Morgan fingerprint density at radius 3 is 2.55 bits per heavy atom. The van der Waals surface area contributed by atoms with Crippen molar-refractivity contribution < 1.29 is 27.4 Å². The molecule has 0 bridgehead atoms. The number of hydrogen-bond acceptors (Lipinski definition) is 3. The Morgan fingerprint density at radius 1 is 1.21 bits per heavy atom. The van der Waals surface area contributed by atoms with Gasteiger partial charge in [0.1, 0.15) is 0 Å². The van der Waals surface area contributed by atoms with Gasteiger partial charge in [-0.05, 0) is 49.3 Å². The van der Waals surface area contributed by atoms with Gasteiger partial charge >= 0.3 is 6.18 Å². The van der Waals surface area contributed by atoms with E-state index in [-0.39, 0.29) is 11.7 Å². The first-order chi connectivity index (χ1) is 15.7. The number of halogens is 3. The smallest absolute Gasteiger partial charge is 0.422 e. The molecule has 1 amide bonds. The van der Waals surface area contributed by atoms with Crippen molar-refractivity contribution in [3.05, 3.63) is 58.9 Å². The maximum absolute atomic E-state index is 12.4. The van der Waals surface area contributed by atoms with E-state index in [1.54, 1.807) is 23.1 Å². The molecular formula is C25H27F3N2O3. The van der Waals surface area contributed by atoms with Crippen LogP contribution >= 0.6 is 0 Å². The van der Waals surface area contributed by atoms with Gasteiger partial charge in [0.25, 0.3) is 0 Å². The van der Waals surface area contributed by atoms with Crippen LogP contribution in [0.1, 0.15) is 37.8 Å². The van der Waals surface area contributed by atoms with Gasteiger partial charge in [-0.15, -0.1) is 0 Å². The summed E-state index contributed by atoms with van der Waals surface area (Å²) in [6, 6.07) is 10.3. The fourth-order valence-corrected chi connectivity index (χ4v) is 4.07. The summed E-state index contributed by atoms with van der Waals surface area (Å²) < 4.78 is 47.8. The minimum Gasteiger partial charge on any atom is -0.490 e. The number of anilines is 1. The number of carbonyl (C=O) groups excluding carboxylic acids is 1. The van der Waals surface area contributed by atoms with Crippen LogP contribution in [-0.2, 0) is 17.6 Å². The quantitative estimate of drug-likeness (QED) is 0.334. The van der Waals surface area contributed by atoms with Crippen molar-refractivity contribution in [1.29, 1.82) is 0 Å². The predicted molar refractivity (Wildman–Crippen MR) is 120 cm³/mol. The standard InChI is InChI=1S/C25H27F3N2O3/c1-17(7-6-12-32-22-8-4-5-9-23(22)33-16-25(26,27)28)13-19-14-20-10-11-30(18(2)31)24(20)21(15-19)29-3/h4-5,8-9,14-15,17H,6-7,10-13,16H2,1-2H3. The first-order valence-electron chi connectivity index (χ1n) is 10.9. The Kier molecular flexibility index (Phi) is 7.85. The van der Waals surface area contributed by atoms with E-state index in [1.807, 2.05) is 6.07 Å². The van der Waals surface area contributed by atoms with Crippen LogP contribution in [-0.4, -0.2) is 31.8 Å². The minimum absolute atomic E-state index is 0.0508. The molecule has 0 aliphatic carbocycles. The van der Waals surface area contributed by atoms with E-state index in [1.165, 1.54) is 13.0 Å². The van der Waals surface area contributed by atoms with E-state index >= 15 is 0 Å². The summed E-state index contributed by atoms with van der Waals surface area (Å²) in [5.74, 6) is 0.648. The molecule has 33 heavy (non-hydrogen) atoms. The van der Waals surface area contributed by atoms with E-state index in [2.05, 4.69) is 17.8 Å². The summed E-state index contributed by atoms with van der Waals surface area (Å²) in [5, 5.41) is 0. The second-order valence-electron chi connectivity index (χ2n) is 8.31. The second-order valence-corrected chi connectivity index (χ2v) is 8.31. The number of alkyl halides is 3.